The molecule has 2 aromatic carbocycles. The largest absolute Gasteiger partial charge is 0.324 e. The van der Waals surface area contributed by atoms with Crippen LogP contribution in [0.4, 0.5) is 4.39 Å². The second kappa shape index (κ2) is 6.81. The molecular formula is C20H16FNO3. The highest BCUT2D eigenvalue weighted by molar-refractivity contribution is 6.44. The zero-order chi connectivity index (χ0) is 18.0. The van der Waals surface area contributed by atoms with Crippen LogP contribution in [0.25, 0.3) is 0 Å². The van der Waals surface area contributed by atoms with E-state index < -0.39 is 35.3 Å². The van der Waals surface area contributed by atoms with Crippen molar-refractivity contribution in [2.75, 3.05) is 6.54 Å². The van der Waals surface area contributed by atoms with E-state index in [4.69, 9.17) is 0 Å². The molecule has 3 rings (SSSR count). The maximum Gasteiger partial charge on any atom is 0.291 e. The lowest BCUT2D eigenvalue weighted by atomic mass is 9.86. The Labute approximate surface area is 144 Å². The number of hydrogen-bond donors (Lipinski definition) is 0. The van der Waals surface area contributed by atoms with Crippen molar-refractivity contribution in [1.82, 2.24) is 4.90 Å². The zero-order valence-electron chi connectivity index (χ0n) is 13.4. The monoisotopic (exact) mass is 337 g/mol. The lowest BCUT2D eigenvalue weighted by Crippen LogP contribution is -2.30. The molecule has 25 heavy (non-hydrogen) atoms. The Morgan fingerprint density at radius 3 is 2.48 bits per heavy atom. The Hall–Kier alpha value is -3.08. The number of likely N-dealkylation sites (tertiary alicyclic amines) is 1. The number of halogens is 1. The summed E-state index contributed by atoms with van der Waals surface area (Å²) in [6.07, 6.45) is 1.48. The first-order valence-corrected chi connectivity index (χ1v) is 7.85. The first kappa shape index (κ1) is 16.8. The average Bonchev–Trinajstić information content (AvgIpc) is 2.87. The Kier molecular flexibility index (Phi) is 4.57. The third-order valence-electron chi connectivity index (χ3n) is 4.26. The minimum absolute atomic E-state index is 0.102. The van der Waals surface area contributed by atoms with E-state index in [0.717, 1.165) is 0 Å². The molecule has 0 bridgehead atoms. The maximum atomic E-state index is 13.7. The van der Waals surface area contributed by atoms with Gasteiger partial charge in [-0.25, -0.2) is 4.39 Å². The van der Waals surface area contributed by atoms with E-state index >= 15 is 0 Å². The van der Waals surface area contributed by atoms with Gasteiger partial charge in [0, 0.05) is 12.1 Å². The van der Waals surface area contributed by atoms with E-state index in [2.05, 4.69) is 6.58 Å². The smallest absolute Gasteiger partial charge is 0.291 e. The number of hydrogen-bond acceptors (Lipinski definition) is 3. The Bertz CT molecular complexity index is 847. The third kappa shape index (κ3) is 3.01. The van der Waals surface area contributed by atoms with E-state index in [-0.39, 0.29) is 6.54 Å². The first-order chi connectivity index (χ1) is 12.0. The van der Waals surface area contributed by atoms with Gasteiger partial charge in [-0.15, -0.1) is 6.58 Å². The van der Waals surface area contributed by atoms with Gasteiger partial charge in [-0.2, -0.15) is 0 Å². The molecule has 0 spiro atoms. The van der Waals surface area contributed by atoms with Gasteiger partial charge in [-0.3, -0.25) is 14.4 Å². The standard InChI is InChI=1S/C20H16FNO3/c1-2-11-22-17(14-9-6-10-15(21)12-14)16(19(24)20(22)25)18(23)13-7-4-3-5-8-13/h2-10,12,16-17H,1,11H2. The molecule has 0 radical (unpaired) electrons. The van der Waals surface area contributed by atoms with Crippen LogP contribution >= 0.6 is 0 Å². The summed E-state index contributed by atoms with van der Waals surface area (Å²) in [6.45, 7) is 3.69. The highest BCUT2D eigenvalue weighted by Crippen LogP contribution is 2.38. The fourth-order valence-corrected chi connectivity index (χ4v) is 3.17. The summed E-state index contributed by atoms with van der Waals surface area (Å²) in [4.78, 5) is 39.1. The van der Waals surface area contributed by atoms with Crippen molar-refractivity contribution in [2.24, 2.45) is 5.92 Å². The van der Waals surface area contributed by atoms with Crippen molar-refractivity contribution >= 4 is 17.5 Å². The van der Waals surface area contributed by atoms with Gasteiger partial charge in [0.2, 0.25) is 5.78 Å². The average molecular weight is 337 g/mol. The van der Waals surface area contributed by atoms with Crippen LogP contribution in [0.3, 0.4) is 0 Å². The van der Waals surface area contributed by atoms with Gasteiger partial charge in [0.05, 0.1) is 6.04 Å². The summed E-state index contributed by atoms with van der Waals surface area (Å²) in [5, 5.41) is 0. The Morgan fingerprint density at radius 2 is 1.84 bits per heavy atom. The van der Waals surface area contributed by atoms with E-state index in [1.54, 1.807) is 36.4 Å². The number of carbonyl (C=O) groups is 3. The second-order valence-electron chi connectivity index (χ2n) is 5.82. The van der Waals surface area contributed by atoms with Crippen LogP contribution in [0, 0.1) is 11.7 Å². The second-order valence-corrected chi connectivity index (χ2v) is 5.82. The van der Waals surface area contributed by atoms with Gasteiger partial charge in [-0.05, 0) is 17.7 Å². The summed E-state index contributed by atoms with van der Waals surface area (Å²) in [5.41, 5.74) is 0.755. The molecule has 4 nitrogen and oxygen atoms in total. The molecule has 126 valence electrons. The fourth-order valence-electron chi connectivity index (χ4n) is 3.17. The molecule has 0 aliphatic carbocycles. The molecule has 0 aromatic heterocycles. The molecule has 1 fully saturated rings. The van der Waals surface area contributed by atoms with Crippen LogP contribution < -0.4 is 0 Å². The van der Waals surface area contributed by atoms with E-state index in [0.29, 0.717) is 11.1 Å². The van der Waals surface area contributed by atoms with Crippen molar-refractivity contribution in [3.05, 3.63) is 84.2 Å². The van der Waals surface area contributed by atoms with E-state index in [1.165, 1.54) is 29.2 Å². The van der Waals surface area contributed by atoms with Crippen LogP contribution in [-0.4, -0.2) is 28.9 Å². The molecule has 2 unspecified atom stereocenters. The first-order valence-electron chi connectivity index (χ1n) is 7.85. The summed E-state index contributed by atoms with van der Waals surface area (Å²) in [6, 6.07) is 13.1. The molecule has 1 aliphatic heterocycles. The van der Waals surface area contributed by atoms with Crippen molar-refractivity contribution in [3.63, 3.8) is 0 Å². The van der Waals surface area contributed by atoms with Crippen LogP contribution in [0.2, 0.25) is 0 Å². The fraction of sp³-hybridized carbons (Fsp3) is 0.150. The summed E-state index contributed by atoms with van der Waals surface area (Å²) >= 11 is 0. The minimum atomic E-state index is -1.20. The highest BCUT2D eigenvalue weighted by Gasteiger charge is 2.51. The van der Waals surface area contributed by atoms with Gasteiger partial charge >= 0.3 is 0 Å². The van der Waals surface area contributed by atoms with Crippen molar-refractivity contribution in [1.29, 1.82) is 0 Å². The molecule has 0 saturated carbocycles. The van der Waals surface area contributed by atoms with Crippen molar-refractivity contribution in [2.45, 2.75) is 6.04 Å². The summed E-state index contributed by atoms with van der Waals surface area (Å²) in [7, 11) is 0. The molecule has 1 aliphatic rings. The molecule has 2 aromatic rings. The van der Waals surface area contributed by atoms with Crippen LogP contribution in [0.5, 0.6) is 0 Å². The quantitative estimate of drug-likeness (QED) is 0.365. The van der Waals surface area contributed by atoms with Gasteiger partial charge in [0.15, 0.2) is 5.78 Å². The molecule has 0 N–H and O–H groups in total. The SMILES string of the molecule is C=CCN1C(=O)C(=O)C(C(=O)c2ccccc2)C1c1cccc(F)c1. The molecule has 5 heteroatoms. The molecule has 2 atom stereocenters. The number of benzene rings is 2. The number of nitrogens with zero attached hydrogens (tertiary/aromatic N) is 1. The van der Waals surface area contributed by atoms with Gasteiger partial charge < -0.3 is 4.90 Å². The minimum Gasteiger partial charge on any atom is -0.324 e. The summed E-state index contributed by atoms with van der Waals surface area (Å²) in [5.74, 6) is -3.65. The highest BCUT2D eigenvalue weighted by atomic mass is 19.1. The topological polar surface area (TPSA) is 54.5 Å². The van der Waals surface area contributed by atoms with Gasteiger partial charge in [-0.1, -0.05) is 48.5 Å². The lowest BCUT2D eigenvalue weighted by molar-refractivity contribution is -0.140. The van der Waals surface area contributed by atoms with Gasteiger partial charge in [0.1, 0.15) is 11.7 Å². The predicted octanol–water partition coefficient (Wildman–Crippen LogP) is 2.96. The van der Waals surface area contributed by atoms with E-state index in [1.807, 2.05) is 0 Å². The van der Waals surface area contributed by atoms with Crippen LogP contribution in [0.15, 0.2) is 67.3 Å². The van der Waals surface area contributed by atoms with Crippen molar-refractivity contribution in [3.8, 4) is 0 Å². The normalized spacial score (nSPS) is 20.0. The van der Waals surface area contributed by atoms with Crippen LogP contribution in [0.1, 0.15) is 22.0 Å². The number of Topliss-reactive ketones (excluding diaryl/α,β-unsaturated/α-hetero) is 2. The Morgan fingerprint density at radius 1 is 1.12 bits per heavy atom. The molecular weight excluding hydrogens is 321 g/mol. The molecule has 1 saturated heterocycles. The number of amides is 1. The molecule has 1 heterocycles. The van der Waals surface area contributed by atoms with E-state index in [9.17, 15) is 18.8 Å². The third-order valence-corrected chi connectivity index (χ3v) is 4.26. The lowest BCUT2D eigenvalue weighted by Gasteiger charge is -2.26. The number of ketones is 2. The van der Waals surface area contributed by atoms with Crippen LogP contribution in [-0.2, 0) is 9.59 Å². The predicted molar refractivity (Wildman–Crippen MR) is 90.3 cm³/mol. The number of carbonyl (C=O) groups excluding carboxylic acids is 3. The Balaban J connectivity index is 2.10. The van der Waals surface area contributed by atoms with Crippen molar-refractivity contribution < 1.29 is 18.8 Å². The summed E-state index contributed by atoms with van der Waals surface area (Å²) < 4.78 is 13.7. The van der Waals surface area contributed by atoms with Gasteiger partial charge in [0.25, 0.3) is 5.91 Å². The zero-order valence-corrected chi connectivity index (χ0v) is 13.4. The maximum absolute atomic E-state index is 13.7. The number of rotatable bonds is 5. The molecule has 1 amide bonds.